The Bertz CT molecular complexity index is 1280. The smallest absolute Gasteiger partial charge is 0.259 e. The summed E-state index contributed by atoms with van der Waals surface area (Å²) in [5, 5.41) is 4.74. The fourth-order valence-electron chi connectivity index (χ4n) is 3.32. The number of nitrogens with zero attached hydrogens (tertiary/aromatic N) is 3. The minimum absolute atomic E-state index is 0.233. The maximum Gasteiger partial charge on any atom is 0.259 e. The van der Waals surface area contributed by atoms with Gasteiger partial charge in [-0.2, -0.15) is 4.98 Å². The van der Waals surface area contributed by atoms with Crippen molar-refractivity contribution in [1.29, 1.82) is 0 Å². The van der Waals surface area contributed by atoms with E-state index in [-0.39, 0.29) is 5.56 Å². The van der Waals surface area contributed by atoms with Crippen LogP contribution in [0.3, 0.4) is 0 Å². The summed E-state index contributed by atoms with van der Waals surface area (Å²) in [7, 11) is 1.67. The van der Waals surface area contributed by atoms with Gasteiger partial charge in [0.2, 0.25) is 5.95 Å². The zero-order chi connectivity index (χ0) is 21.4. The summed E-state index contributed by atoms with van der Waals surface area (Å²) in [6.07, 6.45) is 1.68. The maximum atomic E-state index is 13.0. The molecule has 0 aliphatic heterocycles. The van der Waals surface area contributed by atoms with Crippen LogP contribution in [0, 0.1) is 0 Å². The lowest BCUT2D eigenvalue weighted by Gasteiger charge is -2.12. The number of fused-ring (bicyclic) bond motifs is 1. The molecule has 0 bridgehead atoms. The Morgan fingerprint density at radius 2 is 1.70 bits per heavy atom. The van der Waals surface area contributed by atoms with Crippen LogP contribution in [0.1, 0.15) is 25.3 Å². The molecule has 0 saturated carbocycles. The van der Waals surface area contributed by atoms with E-state index in [1.807, 2.05) is 12.1 Å². The van der Waals surface area contributed by atoms with Crippen LogP contribution < -0.4 is 10.9 Å². The van der Waals surface area contributed by atoms with Gasteiger partial charge in [0.05, 0.1) is 15.6 Å². The number of rotatable bonds is 4. The second-order valence-electron chi connectivity index (χ2n) is 7.39. The van der Waals surface area contributed by atoms with Crippen LogP contribution in [0.15, 0.2) is 59.5 Å². The van der Waals surface area contributed by atoms with Crippen LogP contribution in [0.5, 0.6) is 0 Å². The highest BCUT2D eigenvalue weighted by atomic mass is 35.5. The predicted molar refractivity (Wildman–Crippen MR) is 124 cm³/mol. The molecule has 4 rings (SSSR count). The van der Waals surface area contributed by atoms with E-state index >= 15 is 0 Å². The number of pyridine rings is 1. The minimum atomic E-state index is -0.233. The van der Waals surface area contributed by atoms with Crippen molar-refractivity contribution in [1.82, 2.24) is 14.5 Å². The molecule has 0 aliphatic rings. The SMILES string of the molecule is CC(C)c1ccc(Nc2ncc3cc(-c4c(Cl)cccc4Cl)c(=O)n(C)c3n2)cc1. The molecule has 30 heavy (non-hydrogen) atoms. The molecule has 4 aromatic rings. The summed E-state index contributed by atoms with van der Waals surface area (Å²) in [5.74, 6) is 0.879. The first-order valence-electron chi connectivity index (χ1n) is 9.53. The van der Waals surface area contributed by atoms with Gasteiger partial charge < -0.3 is 5.32 Å². The third kappa shape index (κ3) is 3.78. The summed E-state index contributed by atoms with van der Waals surface area (Å²) in [6.45, 7) is 4.30. The average Bonchev–Trinajstić information content (AvgIpc) is 2.72. The first-order valence-corrected chi connectivity index (χ1v) is 10.3. The van der Waals surface area contributed by atoms with Crippen molar-refractivity contribution in [2.75, 3.05) is 5.32 Å². The number of hydrogen-bond donors (Lipinski definition) is 1. The lowest BCUT2D eigenvalue weighted by Crippen LogP contribution is -2.20. The van der Waals surface area contributed by atoms with Crippen LogP contribution in [-0.4, -0.2) is 14.5 Å². The van der Waals surface area contributed by atoms with E-state index in [2.05, 4.69) is 41.3 Å². The molecular weight excluding hydrogens is 419 g/mol. The fraction of sp³-hybridized carbons (Fsp3) is 0.174. The molecular formula is C23H20Cl2N4O. The largest absolute Gasteiger partial charge is 0.324 e. The van der Waals surface area contributed by atoms with E-state index in [1.165, 1.54) is 10.1 Å². The van der Waals surface area contributed by atoms with Crippen LogP contribution in [0.2, 0.25) is 10.0 Å². The number of anilines is 2. The van der Waals surface area contributed by atoms with Crippen molar-refractivity contribution < 1.29 is 0 Å². The molecule has 0 spiro atoms. The van der Waals surface area contributed by atoms with Gasteiger partial charge in [-0.15, -0.1) is 0 Å². The highest BCUT2D eigenvalue weighted by Crippen LogP contribution is 2.33. The number of aromatic nitrogens is 3. The topological polar surface area (TPSA) is 59.8 Å². The first-order chi connectivity index (χ1) is 14.3. The molecule has 0 aliphatic carbocycles. The van der Waals surface area contributed by atoms with Crippen LogP contribution in [0.25, 0.3) is 22.2 Å². The van der Waals surface area contributed by atoms with Gasteiger partial charge in [0.25, 0.3) is 5.56 Å². The monoisotopic (exact) mass is 438 g/mol. The molecule has 0 amide bonds. The predicted octanol–water partition coefficient (Wildman–Crippen LogP) is 6.17. The Morgan fingerprint density at radius 1 is 1.03 bits per heavy atom. The Balaban J connectivity index is 1.76. The second kappa shape index (κ2) is 8.09. The van der Waals surface area contributed by atoms with E-state index in [0.29, 0.717) is 44.1 Å². The Labute approximate surface area is 184 Å². The summed E-state index contributed by atoms with van der Waals surface area (Å²) < 4.78 is 1.49. The summed E-state index contributed by atoms with van der Waals surface area (Å²) in [5.41, 5.74) is 3.34. The van der Waals surface area contributed by atoms with Crippen LogP contribution in [-0.2, 0) is 7.05 Å². The van der Waals surface area contributed by atoms with Crippen molar-refractivity contribution >= 4 is 45.9 Å². The molecule has 2 aromatic heterocycles. The summed E-state index contributed by atoms with van der Waals surface area (Å²) >= 11 is 12.6. The maximum absolute atomic E-state index is 13.0. The Morgan fingerprint density at radius 3 is 2.33 bits per heavy atom. The molecule has 0 radical (unpaired) electrons. The van der Waals surface area contributed by atoms with Gasteiger partial charge in [0, 0.05) is 29.9 Å². The number of hydrogen-bond acceptors (Lipinski definition) is 4. The Hall–Kier alpha value is -2.89. The van der Waals surface area contributed by atoms with Gasteiger partial charge in [-0.25, -0.2) is 4.98 Å². The summed E-state index contributed by atoms with van der Waals surface area (Å²) in [6, 6.07) is 15.0. The van der Waals surface area contributed by atoms with Crippen molar-refractivity contribution in [3.05, 3.63) is 80.7 Å². The molecule has 0 atom stereocenters. The van der Waals surface area contributed by atoms with E-state index in [1.54, 1.807) is 37.5 Å². The first kappa shape index (κ1) is 20.4. The molecule has 0 fully saturated rings. The molecule has 1 N–H and O–H groups in total. The number of benzene rings is 2. The third-order valence-electron chi connectivity index (χ3n) is 5.01. The molecule has 0 saturated heterocycles. The second-order valence-corrected chi connectivity index (χ2v) is 8.21. The van der Waals surface area contributed by atoms with Gasteiger partial charge in [-0.05, 0) is 41.8 Å². The van der Waals surface area contributed by atoms with E-state index in [4.69, 9.17) is 23.2 Å². The minimum Gasteiger partial charge on any atom is -0.324 e. The number of nitrogens with one attached hydrogen (secondary N) is 1. The number of aryl methyl sites for hydroxylation is 1. The van der Waals surface area contributed by atoms with Gasteiger partial charge >= 0.3 is 0 Å². The van der Waals surface area contributed by atoms with Gasteiger partial charge in [0.1, 0.15) is 5.65 Å². The zero-order valence-corrected chi connectivity index (χ0v) is 18.3. The molecule has 2 aromatic carbocycles. The average molecular weight is 439 g/mol. The quantitative estimate of drug-likeness (QED) is 0.413. The number of halogens is 2. The lowest BCUT2D eigenvalue weighted by molar-refractivity contribution is 0.867. The zero-order valence-electron chi connectivity index (χ0n) is 16.8. The van der Waals surface area contributed by atoms with Crippen molar-refractivity contribution in [2.24, 2.45) is 7.05 Å². The highest BCUT2D eigenvalue weighted by Gasteiger charge is 2.16. The van der Waals surface area contributed by atoms with Crippen molar-refractivity contribution in [2.45, 2.75) is 19.8 Å². The fourth-order valence-corrected chi connectivity index (χ4v) is 3.92. The normalized spacial score (nSPS) is 11.3. The van der Waals surface area contributed by atoms with Gasteiger partial charge in [0.15, 0.2) is 0 Å². The van der Waals surface area contributed by atoms with E-state index < -0.39 is 0 Å². The third-order valence-corrected chi connectivity index (χ3v) is 5.64. The Kier molecular flexibility index (Phi) is 5.50. The molecule has 152 valence electrons. The van der Waals surface area contributed by atoms with E-state index in [0.717, 1.165) is 5.69 Å². The lowest BCUT2D eigenvalue weighted by atomic mass is 10.0. The van der Waals surface area contributed by atoms with Crippen molar-refractivity contribution in [3.63, 3.8) is 0 Å². The van der Waals surface area contributed by atoms with Crippen LogP contribution in [0.4, 0.5) is 11.6 Å². The van der Waals surface area contributed by atoms with Gasteiger partial charge in [-0.1, -0.05) is 55.2 Å². The molecule has 2 heterocycles. The van der Waals surface area contributed by atoms with E-state index in [9.17, 15) is 4.79 Å². The van der Waals surface area contributed by atoms with Crippen LogP contribution >= 0.6 is 23.2 Å². The summed E-state index contributed by atoms with van der Waals surface area (Å²) in [4.78, 5) is 22.0. The molecule has 0 unspecified atom stereocenters. The molecule has 5 nitrogen and oxygen atoms in total. The van der Waals surface area contributed by atoms with Crippen molar-refractivity contribution in [3.8, 4) is 11.1 Å². The molecule has 7 heteroatoms. The standard InChI is InChI=1S/C23H20Cl2N4O/c1-13(2)14-7-9-16(10-8-14)27-23-26-12-15-11-17(22(30)29(3)21(15)28-23)20-18(24)5-4-6-19(20)25/h4-13H,1-3H3,(H,26,27,28). The van der Waals surface area contributed by atoms with Gasteiger partial charge in [-0.3, -0.25) is 9.36 Å². The highest BCUT2D eigenvalue weighted by molar-refractivity contribution is 6.39.